The minimum atomic E-state index is -0.903. The van der Waals surface area contributed by atoms with Crippen LogP contribution in [-0.4, -0.2) is 59.7 Å². The van der Waals surface area contributed by atoms with Crippen LogP contribution >= 0.6 is 11.3 Å². The first kappa shape index (κ1) is 31.7. The Bertz CT molecular complexity index is 1520. The molecule has 2 aromatic heterocycles. The number of benzene rings is 2. The van der Waals surface area contributed by atoms with Crippen LogP contribution in [0.15, 0.2) is 72.2 Å². The molecule has 0 bridgehead atoms. The van der Waals surface area contributed by atoms with E-state index in [0.29, 0.717) is 12.2 Å². The van der Waals surface area contributed by atoms with Gasteiger partial charge < -0.3 is 25.4 Å². The summed E-state index contributed by atoms with van der Waals surface area (Å²) in [6.45, 7) is 6.63. The number of thiazole rings is 1. The molecule has 0 aliphatic heterocycles. The number of nitrogens with one attached hydrogen (secondary N) is 2. The summed E-state index contributed by atoms with van der Waals surface area (Å²) in [7, 11) is 3.39. The summed E-state index contributed by atoms with van der Waals surface area (Å²) in [6.07, 6.45) is 1.28. The van der Waals surface area contributed by atoms with Gasteiger partial charge in [0.15, 0.2) is 0 Å². The van der Waals surface area contributed by atoms with E-state index in [4.69, 9.17) is 4.74 Å². The largest absolute Gasteiger partial charge is 0.497 e. The molecule has 0 saturated heterocycles. The van der Waals surface area contributed by atoms with Crippen molar-refractivity contribution in [1.29, 1.82) is 0 Å². The van der Waals surface area contributed by atoms with Crippen LogP contribution in [0.1, 0.15) is 62.4 Å². The summed E-state index contributed by atoms with van der Waals surface area (Å²) in [5.41, 5.74) is 4.31. The summed E-state index contributed by atoms with van der Waals surface area (Å²) >= 11 is 1.47. The van der Waals surface area contributed by atoms with E-state index < -0.39 is 18.1 Å². The molecule has 4 aromatic rings. The van der Waals surface area contributed by atoms with Crippen molar-refractivity contribution >= 4 is 28.8 Å². The first-order chi connectivity index (χ1) is 20.6. The Labute approximate surface area is 257 Å². The number of aliphatic hydroxyl groups excluding tert-OH is 1. The SMILES string of the molecule is COc1cc(C(=O)NCc2nc(C)cs2)cc(C(=O)N[C@@H](Cc2ccccc2)[C@H](O)CN(C)c2ccnc(C(C)C)c2)c1. The number of ether oxygens (including phenoxy) is 1. The van der Waals surface area contributed by atoms with Gasteiger partial charge in [0.25, 0.3) is 11.8 Å². The Morgan fingerprint density at radius 1 is 1.05 bits per heavy atom. The zero-order chi connectivity index (χ0) is 30.9. The van der Waals surface area contributed by atoms with E-state index in [2.05, 4.69) is 34.4 Å². The lowest BCUT2D eigenvalue weighted by molar-refractivity contribution is 0.0843. The molecule has 2 amide bonds. The predicted octanol–water partition coefficient (Wildman–Crippen LogP) is 4.75. The molecule has 3 N–H and O–H groups in total. The molecule has 2 atom stereocenters. The van der Waals surface area contributed by atoms with Crippen molar-refractivity contribution in [3.63, 3.8) is 0 Å². The molecule has 2 aromatic carbocycles. The second kappa shape index (κ2) is 14.8. The van der Waals surface area contributed by atoms with E-state index in [-0.39, 0.29) is 36.0 Å². The van der Waals surface area contributed by atoms with Gasteiger partial charge in [0.2, 0.25) is 0 Å². The van der Waals surface area contributed by atoms with Crippen molar-refractivity contribution in [2.75, 3.05) is 25.6 Å². The number of aryl methyl sites for hydroxylation is 1. The van der Waals surface area contributed by atoms with E-state index in [1.54, 1.807) is 18.3 Å². The Hall–Kier alpha value is -4.28. The minimum absolute atomic E-state index is 0.254. The smallest absolute Gasteiger partial charge is 0.251 e. The van der Waals surface area contributed by atoms with Gasteiger partial charge in [-0.15, -0.1) is 11.3 Å². The molecule has 0 spiro atoms. The number of likely N-dealkylation sites (N-methyl/N-ethyl adjacent to an activating group) is 1. The van der Waals surface area contributed by atoms with Crippen LogP contribution in [0.25, 0.3) is 0 Å². The van der Waals surface area contributed by atoms with Gasteiger partial charge >= 0.3 is 0 Å². The number of methoxy groups -OCH3 is 1. The standard InChI is InChI=1S/C33H39N5O4S/c1-21(2)28-17-26(11-12-34-28)38(4)19-30(39)29(13-23-9-7-6-8-10-23)37-33(41)25-14-24(15-27(16-25)42-5)32(40)35-18-31-36-22(3)20-43-31/h6-12,14-17,20-21,29-30,39H,13,18-19H2,1-5H3,(H,35,40)(H,37,41)/t29-,30+/m0/s1. The molecule has 226 valence electrons. The van der Waals surface area contributed by atoms with Crippen molar-refractivity contribution < 1.29 is 19.4 Å². The van der Waals surface area contributed by atoms with E-state index in [9.17, 15) is 14.7 Å². The van der Waals surface area contributed by atoms with Crippen LogP contribution in [0.4, 0.5) is 5.69 Å². The highest BCUT2D eigenvalue weighted by molar-refractivity contribution is 7.09. The van der Waals surface area contributed by atoms with E-state index >= 15 is 0 Å². The number of aliphatic hydroxyl groups is 1. The summed E-state index contributed by atoms with van der Waals surface area (Å²) in [4.78, 5) is 37.4. The van der Waals surface area contributed by atoms with Crippen LogP contribution < -0.4 is 20.3 Å². The van der Waals surface area contributed by atoms with Gasteiger partial charge in [-0.2, -0.15) is 0 Å². The highest BCUT2D eigenvalue weighted by Crippen LogP contribution is 2.21. The molecule has 2 heterocycles. The first-order valence-electron chi connectivity index (χ1n) is 14.2. The molecule has 0 saturated carbocycles. The first-order valence-corrected chi connectivity index (χ1v) is 15.1. The molecule has 43 heavy (non-hydrogen) atoms. The zero-order valence-electron chi connectivity index (χ0n) is 25.2. The number of anilines is 1. The van der Waals surface area contributed by atoms with Crippen molar-refractivity contribution in [2.45, 2.75) is 51.8 Å². The molecule has 0 unspecified atom stereocenters. The fraction of sp³-hybridized carbons (Fsp3) is 0.333. The van der Waals surface area contributed by atoms with Crippen molar-refractivity contribution in [3.8, 4) is 5.75 Å². The average Bonchev–Trinajstić information content (AvgIpc) is 3.44. The minimum Gasteiger partial charge on any atom is -0.497 e. The molecule has 4 rings (SSSR count). The normalized spacial score (nSPS) is 12.4. The topological polar surface area (TPSA) is 117 Å². The number of carbonyl (C=O) groups is 2. The van der Waals surface area contributed by atoms with Crippen molar-refractivity contribution in [2.24, 2.45) is 0 Å². The van der Waals surface area contributed by atoms with Crippen LogP contribution in [0.3, 0.4) is 0 Å². The molecule has 10 heteroatoms. The van der Waals surface area contributed by atoms with E-state index in [1.807, 2.05) is 66.7 Å². The fourth-order valence-electron chi connectivity index (χ4n) is 4.63. The van der Waals surface area contributed by atoms with Gasteiger partial charge in [0, 0.05) is 53.4 Å². The third-order valence-corrected chi connectivity index (χ3v) is 8.04. The van der Waals surface area contributed by atoms with Gasteiger partial charge in [0.05, 0.1) is 25.8 Å². The Morgan fingerprint density at radius 2 is 1.77 bits per heavy atom. The molecule has 9 nitrogen and oxygen atoms in total. The molecule has 0 aliphatic carbocycles. The number of amides is 2. The molecule has 0 fully saturated rings. The van der Waals surface area contributed by atoms with Gasteiger partial charge in [-0.1, -0.05) is 44.2 Å². The number of rotatable bonds is 13. The number of pyridine rings is 1. The van der Waals surface area contributed by atoms with Crippen LogP contribution in [0, 0.1) is 6.92 Å². The molecular weight excluding hydrogens is 562 g/mol. The monoisotopic (exact) mass is 601 g/mol. The van der Waals surface area contributed by atoms with Crippen LogP contribution in [0.5, 0.6) is 5.75 Å². The molecule has 0 aliphatic rings. The van der Waals surface area contributed by atoms with Crippen molar-refractivity contribution in [1.82, 2.24) is 20.6 Å². The Kier molecular flexibility index (Phi) is 10.9. The summed E-state index contributed by atoms with van der Waals surface area (Å²) in [6, 6.07) is 17.7. The molecule has 0 radical (unpaired) electrons. The summed E-state index contributed by atoms with van der Waals surface area (Å²) in [5.74, 6) is -0.116. The van der Waals surface area contributed by atoms with Crippen LogP contribution in [0.2, 0.25) is 0 Å². The fourth-order valence-corrected chi connectivity index (χ4v) is 5.34. The second-order valence-corrected chi connectivity index (χ2v) is 11.8. The lowest BCUT2D eigenvalue weighted by Gasteiger charge is -2.29. The third-order valence-electron chi connectivity index (χ3n) is 7.07. The maximum atomic E-state index is 13.6. The maximum absolute atomic E-state index is 13.6. The lowest BCUT2D eigenvalue weighted by Crippen LogP contribution is -2.49. The number of hydrogen-bond acceptors (Lipinski definition) is 8. The van der Waals surface area contributed by atoms with Gasteiger partial charge in [-0.25, -0.2) is 4.98 Å². The highest BCUT2D eigenvalue weighted by atomic mass is 32.1. The third kappa shape index (κ3) is 8.86. The van der Waals surface area contributed by atoms with Gasteiger partial charge in [-0.3, -0.25) is 14.6 Å². The number of aromatic nitrogens is 2. The summed E-state index contributed by atoms with van der Waals surface area (Å²) < 4.78 is 5.41. The predicted molar refractivity (Wildman–Crippen MR) is 170 cm³/mol. The van der Waals surface area contributed by atoms with Gasteiger partial charge in [0.1, 0.15) is 10.8 Å². The van der Waals surface area contributed by atoms with Gasteiger partial charge in [-0.05, 0) is 55.2 Å². The lowest BCUT2D eigenvalue weighted by atomic mass is 9.99. The van der Waals surface area contributed by atoms with E-state index in [0.717, 1.165) is 27.6 Å². The average molecular weight is 602 g/mol. The highest BCUT2D eigenvalue weighted by Gasteiger charge is 2.25. The second-order valence-electron chi connectivity index (χ2n) is 10.8. The zero-order valence-corrected chi connectivity index (χ0v) is 26.0. The van der Waals surface area contributed by atoms with Crippen LogP contribution in [-0.2, 0) is 13.0 Å². The number of nitrogens with zero attached hydrogens (tertiary/aromatic N) is 3. The quantitative estimate of drug-likeness (QED) is 0.203. The number of carbonyl (C=O) groups excluding carboxylic acids is 2. The Balaban J connectivity index is 1.52. The Morgan fingerprint density at radius 3 is 2.42 bits per heavy atom. The number of hydrogen-bond donors (Lipinski definition) is 3. The molecular formula is C33H39N5O4S. The maximum Gasteiger partial charge on any atom is 0.251 e. The van der Waals surface area contributed by atoms with E-state index in [1.165, 1.54) is 24.5 Å². The summed E-state index contributed by atoms with van der Waals surface area (Å²) in [5, 5.41) is 20.0. The van der Waals surface area contributed by atoms with Crippen molar-refractivity contribution in [3.05, 3.63) is 105 Å².